The van der Waals surface area contributed by atoms with E-state index in [0.717, 1.165) is 5.56 Å². The molecule has 0 bridgehead atoms. The predicted molar refractivity (Wildman–Crippen MR) is 116 cm³/mol. The third-order valence-electron chi connectivity index (χ3n) is 5.30. The Morgan fingerprint density at radius 2 is 2.10 bits per heavy atom. The highest BCUT2D eigenvalue weighted by Gasteiger charge is 2.38. The van der Waals surface area contributed by atoms with Crippen LogP contribution in [0.15, 0.2) is 52.4 Å². The number of aliphatic imine (C=N–C) groups is 1. The Balaban J connectivity index is 1.57. The van der Waals surface area contributed by atoms with Crippen LogP contribution in [0.1, 0.15) is 35.0 Å². The maximum atomic E-state index is 14.6. The molecule has 1 aromatic carbocycles. The van der Waals surface area contributed by atoms with Gasteiger partial charge in [-0.2, -0.15) is 11.3 Å². The van der Waals surface area contributed by atoms with Crippen molar-refractivity contribution in [3.63, 3.8) is 0 Å². The Labute approximate surface area is 182 Å². The molecule has 1 atom stereocenters. The third kappa shape index (κ3) is 4.09. The maximum Gasteiger partial charge on any atom is 0.231 e. The lowest BCUT2D eigenvalue weighted by molar-refractivity contribution is -0.128. The molecule has 2 N–H and O–H groups in total. The number of nitrogens with zero attached hydrogens (tertiary/aromatic N) is 4. The van der Waals surface area contributed by atoms with Crippen LogP contribution in [0, 0.1) is 5.82 Å². The summed E-state index contributed by atoms with van der Waals surface area (Å²) in [5.74, 6) is -0.973. The van der Waals surface area contributed by atoms with E-state index in [0.29, 0.717) is 11.3 Å². The van der Waals surface area contributed by atoms with Gasteiger partial charge in [-0.05, 0) is 36.1 Å². The van der Waals surface area contributed by atoms with E-state index in [9.17, 15) is 14.0 Å². The van der Waals surface area contributed by atoms with Crippen molar-refractivity contribution in [2.75, 3.05) is 7.05 Å². The first-order valence-electron chi connectivity index (χ1n) is 9.55. The molecule has 3 heterocycles. The lowest BCUT2D eigenvalue weighted by atomic mass is 9.85. The largest absolute Gasteiger partial charge is 0.369 e. The number of carbonyl (C=O) groups is 2. The fourth-order valence-electron chi connectivity index (χ4n) is 3.47. The zero-order valence-electron chi connectivity index (χ0n) is 17.0. The van der Waals surface area contributed by atoms with Crippen molar-refractivity contribution in [1.29, 1.82) is 0 Å². The van der Waals surface area contributed by atoms with Crippen LogP contribution < -0.4 is 5.73 Å². The fraction of sp³-hybridized carbons (Fsp3) is 0.227. The molecule has 1 unspecified atom stereocenters. The van der Waals surface area contributed by atoms with E-state index >= 15 is 0 Å². The van der Waals surface area contributed by atoms with Gasteiger partial charge in [0.1, 0.15) is 11.5 Å². The summed E-state index contributed by atoms with van der Waals surface area (Å²) in [6.07, 6.45) is 3.01. The summed E-state index contributed by atoms with van der Waals surface area (Å²) in [7, 11) is 1.52. The smallest absolute Gasteiger partial charge is 0.231 e. The molecule has 158 valence electrons. The first-order valence-corrected chi connectivity index (χ1v) is 10.5. The van der Waals surface area contributed by atoms with Gasteiger partial charge in [0.25, 0.3) is 0 Å². The summed E-state index contributed by atoms with van der Waals surface area (Å²) in [5.41, 5.74) is 7.38. The predicted octanol–water partition coefficient (Wildman–Crippen LogP) is 3.16. The molecule has 0 radical (unpaired) electrons. The normalized spacial score (nSPS) is 18.7. The molecule has 0 aliphatic carbocycles. The van der Waals surface area contributed by atoms with Gasteiger partial charge in [0, 0.05) is 30.0 Å². The molecule has 0 spiro atoms. The number of carbonyl (C=O) groups excluding carboxylic acids is 2. The highest BCUT2D eigenvalue weighted by atomic mass is 32.1. The highest BCUT2D eigenvalue weighted by molar-refractivity contribution is 7.08. The summed E-state index contributed by atoms with van der Waals surface area (Å²) in [5, 5.41) is 3.90. The second kappa shape index (κ2) is 7.99. The molecule has 7 nitrogen and oxygen atoms in total. The van der Waals surface area contributed by atoms with E-state index < -0.39 is 11.4 Å². The van der Waals surface area contributed by atoms with Gasteiger partial charge in [-0.25, -0.2) is 14.4 Å². The molecule has 0 fully saturated rings. The van der Waals surface area contributed by atoms with Crippen molar-refractivity contribution < 1.29 is 14.0 Å². The lowest BCUT2D eigenvalue weighted by Gasteiger charge is -2.34. The van der Waals surface area contributed by atoms with Crippen LogP contribution in [0.25, 0.3) is 11.3 Å². The van der Waals surface area contributed by atoms with Crippen LogP contribution in [0.4, 0.5) is 4.39 Å². The Bertz CT molecular complexity index is 1180. The van der Waals surface area contributed by atoms with Gasteiger partial charge >= 0.3 is 0 Å². The SMILES string of the molecule is CN1C(=O)CC(C)(c2cc(CC(=O)c3cnc(-c4ccsc4)cn3)ccc2F)N=C1N. The van der Waals surface area contributed by atoms with Gasteiger partial charge < -0.3 is 5.73 Å². The number of benzene rings is 1. The van der Waals surface area contributed by atoms with Gasteiger partial charge in [-0.15, -0.1) is 0 Å². The van der Waals surface area contributed by atoms with Gasteiger partial charge in [0.05, 0.1) is 30.0 Å². The summed E-state index contributed by atoms with van der Waals surface area (Å²) in [6.45, 7) is 1.66. The monoisotopic (exact) mass is 437 g/mol. The molecule has 1 aliphatic heterocycles. The molecule has 31 heavy (non-hydrogen) atoms. The summed E-state index contributed by atoms with van der Waals surface area (Å²) < 4.78 is 14.6. The molecule has 0 saturated heterocycles. The standard InChI is InChI=1S/C22H20FN5O2S/c1-22(9-20(30)28(2)21(24)27-22)15-7-13(3-4-16(15)23)8-19(29)18-11-25-17(10-26-18)14-5-6-31-12-14/h3-7,10-12H,8-9H2,1-2H3,(H2,24,27). The molecule has 1 amide bonds. The van der Waals surface area contributed by atoms with Gasteiger partial charge in [-0.3, -0.25) is 19.5 Å². The number of guanidine groups is 1. The average molecular weight is 438 g/mol. The number of Topliss-reactive ketones (excluding diaryl/α,β-unsaturated/α-hetero) is 1. The number of aromatic nitrogens is 2. The maximum absolute atomic E-state index is 14.6. The zero-order chi connectivity index (χ0) is 22.2. The molecule has 0 saturated carbocycles. The number of halogens is 1. The second-order valence-electron chi connectivity index (χ2n) is 7.59. The molecule has 3 aromatic rings. The quantitative estimate of drug-likeness (QED) is 0.618. The van der Waals surface area contributed by atoms with Crippen molar-refractivity contribution in [3.8, 4) is 11.3 Å². The van der Waals surface area contributed by atoms with Crippen molar-refractivity contribution in [2.24, 2.45) is 10.7 Å². The number of ketones is 1. The Morgan fingerprint density at radius 3 is 2.74 bits per heavy atom. The van der Waals surface area contributed by atoms with E-state index in [-0.39, 0.29) is 41.7 Å². The Morgan fingerprint density at radius 1 is 1.29 bits per heavy atom. The van der Waals surface area contributed by atoms with E-state index in [1.165, 1.54) is 30.3 Å². The molecule has 9 heteroatoms. The number of thiophene rings is 1. The summed E-state index contributed by atoms with van der Waals surface area (Å²) >= 11 is 1.55. The topological polar surface area (TPSA) is 102 Å². The number of hydrogen-bond acceptors (Lipinski definition) is 7. The van der Waals surface area contributed by atoms with Crippen LogP contribution >= 0.6 is 11.3 Å². The zero-order valence-corrected chi connectivity index (χ0v) is 17.8. The minimum Gasteiger partial charge on any atom is -0.369 e. The minimum atomic E-state index is -1.14. The first-order chi connectivity index (χ1) is 14.8. The Kier molecular flexibility index (Phi) is 5.36. The van der Waals surface area contributed by atoms with Crippen LogP contribution in [0.5, 0.6) is 0 Å². The van der Waals surface area contributed by atoms with E-state index in [2.05, 4.69) is 15.0 Å². The third-order valence-corrected chi connectivity index (χ3v) is 5.99. The molecular weight excluding hydrogens is 417 g/mol. The molecule has 4 rings (SSSR count). The number of amides is 1. The van der Waals surface area contributed by atoms with E-state index in [4.69, 9.17) is 5.73 Å². The van der Waals surface area contributed by atoms with Crippen LogP contribution in [-0.2, 0) is 16.8 Å². The van der Waals surface area contributed by atoms with Crippen LogP contribution in [-0.4, -0.2) is 39.6 Å². The fourth-order valence-corrected chi connectivity index (χ4v) is 4.12. The van der Waals surface area contributed by atoms with Crippen LogP contribution in [0.2, 0.25) is 0 Å². The number of nitrogens with two attached hydrogens (primary N) is 1. The van der Waals surface area contributed by atoms with Gasteiger partial charge in [0.2, 0.25) is 5.91 Å². The van der Waals surface area contributed by atoms with Crippen molar-refractivity contribution >= 4 is 29.0 Å². The second-order valence-corrected chi connectivity index (χ2v) is 8.37. The van der Waals surface area contributed by atoms with Gasteiger partial charge in [-0.1, -0.05) is 6.07 Å². The summed E-state index contributed by atoms with van der Waals surface area (Å²) in [4.78, 5) is 39.1. The van der Waals surface area contributed by atoms with Gasteiger partial charge in [0.15, 0.2) is 11.7 Å². The van der Waals surface area contributed by atoms with E-state index in [1.54, 1.807) is 30.5 Å². The molecule has 1 aliphatic rings. The molecular formula is C22H20FN5O2S. The summed E-state index contributed by atoms with van der Waals surface area (Å²) in [6, 6.07) is 6.32. The highest BCUT2D eigenvalue weighted by Crippen LogP contribution is 2.35. The number of rotatable bonds is 5. The van der Waals surface area contributed by atoms with Crippen LogP contribution in [0.3, 0.4) is 0 Å². The average Bonchev–Trinajstić information content (AvgIpc) is 3.28. The van der Waals surface area contributed by atoms with Crippen molar-refractivity contribution in [3.05, 3.63) is 70.1 Å². The van der Waals surface area contributed by atoms with Crippen molar-refractivity contribution in [1.82, 2.24) is 14.9 Å². The number of hydrogen-bond donors (Lipinski definition) is 1. The minimum absolute atomic E-state index is 0.0167. The van der Waals surface area contributed by atoms with Crippen molar-refractivity contribution in [2.45, 2.75) is 25.3 Å². The van der Waals surface area contributed by atoms with E-state index in [1.807, 2.05) is 16.8 Å². The lowest BCUT2D eigenvalue weighted by Crippen LogP contribution is -2.47. The Hall–Kier alpha value is -3.46. The first kappa shape index (κ1) is 20.8. The molecule has 2 aromatic heterocycles.